The average Bonchev–Trinajstić information content (AvgIpc) is 3.51. The number of nitrogens with two attached hydrogens (primary N) is 3. The van der Waals surface area contributed by atoms with E-state index in [4.69, 9.17) is 17.2 Å². The fraction of sp³-hybridized carbons (Fsp3) is 0.457. The van der Waals surface area contributed by atoms with Crippen molar-refractivity contribution in [2.24, 2.45) is 28.1 Å². The number of aromatic amines is 1. The zero-order valence-electron chi connectivity index (χ0n) is 25.8. The van der Waals surface area contributed by atoms with Crippen molar-refractivity contribution in [2.45, 2.75) is 89.1 Å². The first-order chi connectivity index (χ1) is 21.3. The molecule has 0 saturated carbocycles. The van der Waals surface area contributed by atoms with Gasteiger partial charge in [0.25, 0.3) is 0 Å². The Hall–Kier alpha value is -4.11. The van der Waals surface area contributed by atoms with Crippen molar-refractivity contribution in [1.29, 1.82) is 0 Å². The molecule has 0 spiro atoms. The molecule has 44 heavy (non-hydrogen) atoms. The molecule has 1 heterocycles. The van der Waals surface area contributed by atoms with Crippen molar-refractivity contribution < 1.29 is 14.7 Å². The van der Waals surface area contributed by atoms with Gasteiger partial charge in [0.2, 0.25) is 0 Å². The minimum absolute atomic E-state index is 0.0791. The highest BCUT2D eigenvalue weighted by Gasteiger charge is 2.33. The number of fused-ring (bicyclic) bond motifs is 2. The number of aldehydes is 1. The summed E-state index contributed by atoms with van der Waals surface area (Å²) in [6.07, 6.45) is 13.4. The van der Waals surface area contributed by atoms with Crippen molar-refractivity contribution in [3.8, 4) is 0 Å². The van der Waals surface area contributed by atoms with Crippen LogP contribution in [0.1, 0.15) is 80.9 Å². The van der Waals surface area contributed by atoms with E-state index in [0.29, 0.717) is 18.4 Å². The maximum atomic E-state index is 11.9. The molecule has 0 amide bonds. The van der Waals surface area contributed by atoms with Crippen LogP contribution in [0, 0.1) is 5.92 Å². The van der Waals surface area contributed by atoms with Gasteiger partial charge in [0, 0.05) is 24.7 Å². The van der Waals surface area contributed by atoms with Crippen molar-refractivity contribution in [3.63, 3.8) is 0 Å². The number of hydrogen-bond donors (Lipinski definition) is 6. The maximum Gasteiger partial charge on any atom is 0.328 e. The lowest BCUT2D eigenvalue weighted by atomic mass is 9.69. The Kier molecular flexibility index (Phi) is 12.0. The second-order valence-electron chi connectivity index (χ2n) is 12.2. The summed E-state index contributed by atoms with van der Waals surface area (Å²) in [5, 5.41) is 15.6. The number of hydrogen-bond acceptors (Lipinski definition) is 5. The molecule has 9 heteroatoms. The standard InChI is InChI=1S/C35H48N6O3/c1-2-3-6-29(36)7-4-8-30-26(13-12-25-18-24-11-10-23(14-16-42)17-27(24)19-31(25)30)20-32(41-33-9-5-15-39-33)28(21-34(43)44)22-40-35(37)38/h5,9-11,15-19,21,26,29-30,32,39,41H,2-4,6-8,12-14,20,22,36H2,1H3,(H,43,44)(H4,37,38,40). The van der Waals surface area contributed by atoms with E-state index in [1.54, 1.807) is 0 Å². The minimum Gasteiger partial charge on any atom is -0.478 e. The number of carbonyl (C=O) groups excluding carboxylic acids is 1. The number of H-pyrrole nitrogens is 1. The zero-order valence-corrected chi connectivity index (χ0v) is 25.8. The number of benzene rings is 2. The van der Waals surface area contributed by atoms with Crippen LogP contribution in [0.2, 0.25) is 0 Å². The monoisotopic (exact) mass is 600 g/mol. The van der Waals surface area contributed by atoms with Gasteiger partial charge in [-0.05, 0) is 95.5 Å². The number of carboxylic acid groups (broad SMARTS) is 1. The predicted molar refractivity (Wildman–Crippen MR) is 179 cm³/mol. The highest BCUT2D eigenvalue weighted by atomic mass is 16.4. The summed E-state index contributed by atoms with van der Waals surface area (Å²) in [6.45, 7) is 2.29. The van der Waals surface area contributed by atoms with Crippen LogP contribution in [0.25, 0.3) is 10.8 Å². The molecule has 0 aliphatic heterocycles. The molecule has 4 unspecified atom stereocenters. The van der Waals surface area contributed by atoms with Gasteiger partial charge in [-0.15, -0.1) is 0 Å². The number of aliphatic imine (C=N–C) groups is 1. The molecule has 3 aromatic rings. The molecule has 0 radical (unpaired) electrons. The number of carboxylic acids is 1. The summed E-state index contributed by atoms with van der Waals surface area (Å²) >= 11 is 0. The molecule has 0 bridgehead atoms. The van der Waals surface area contributed by atoms with Gasteiger partial charge in [0.05, 0.1) is 12.6 Å². The molecule has 9 nitrogen and oxygen atoms in total. The van der Waals surface area contributed by atoms with Gasteiger partial charge >= 0.3 is 5.97 Å². The SMILES string of the molecule is CCCCC(N)CCCC1c2cc3cc(CC=O)ccc3cc2CCC1CC(Nc1ccc[nH]1)C(=CC(=O)O)CN=C(N)N. The van der Waals surface area contributed by atoms with Crippen LogP contribution in [0.4, 0.5) is 5.82 Å². The highest BCUT2D eigenvalue weighted by Crippen LogP contribution is 2.44. The normalized spacial score (nSPS) is 17.9. The number of aliphatic carboxylic acids is 1. The molecule has 1 aromatic heterocycles. The minimum atomic E-state index is -1.03. The van der Waals surface area contributed by atoms with E-state index in [-0.39, 0.29) is 36.4 Å². The number of aromatic nitrogens is 1. The van der Waals surface area contributed by atoms with E-state index >= 15 is 0 Å². The summed E-state index contributed by atoms with van der Waals surface area (Å²) in [5.74, 6) is 0.254. The number of nitrogens with one attached hydrogen (secondary N) is 2. The van der Waals surface area contributed by atoms with Crippen LogP contribution in [-0.2, 0) is 22.4 Å². The Balaban J connectivity index is 1.69. The molecule has 0 saturated heterocycles. The number of guanidine groups is 1. The lowest BCUT2D eigenvalue weighted by Crippen LogP contribution is -2.32. The molecule has 236 valence electrons. The first kappa shape index (κ1) is 32.8. The van der Waals surface area contributed by atoms with Crippen molar-refractivity contribution in [2.75, 3.05) is 11.9 Å². The molecule has 1 aliphatic rings. The summed E-state index contributed by atoms with van der Waals surface area (Å²) in [6, 6.07) is 14.7. The molecule has 4 rings (SSSR count). The number of aryl methyl sites for hydroxylation is 1. The van der Waals surface area contributed by atoms with Crippen LogP contribution >= 0.6 is 0 Å². The van der Waals surface area contributed by atoms with Crippen molar-refractivity contribution in [3.05, 3.63) is 77.0 Å². The van der Waals surface area contributed by atoms with Crippen LogP contribution in [-0.4, -0.2) is 46.9 Å². The largest absolute Gasteiger partial charge is 0.478 e. The fourth-order valence-corrected chi connectivity index (χ4v) is 6.69. The molecule has 2 aromatic carbocycles. The summed E-state index contributed by atoms with van der Waals surface area (Å²) in [7, 11) is 0. The average molecular weight is 601 g/mol. The van der Waals surface area contributed by atoms with E-state index in [0.717, 1.165) is 74.4 Å². The van der Waals surface area contributed by atoms with Gasteiger partial charge in [-0.2, -0.15) is 0 Å². The third-order valence-electron chi connectivity index (χ3n) is 8.92. The number of nitrogens with zero attached hydrogens (tertiary/aromatic N) is 1. The molecular formula is C35H48N6O3. The lowest BCUT2D eigenvalue weighted by Gasteiger charge is -2.37. The van der Waals surface area contributed by atoms with Gasteiger partial charge in [-0.25, -0.2) is 9.79 Å². The van der Waals surface area contributed by atoms with Crippen molar-refractivity contribution in [1.82, 2.24) is 4.98 Å². The summed E-state index contributed by atoms with van der Waals surface area (Å²) in [4.78, 5) is 30.5. The quantitative estimate of drug-likeness (QED) is 0.0521. The molecule has 4 atom stereocenters. The Morgan fingerprint density at radius 3 is 2.68 bits per heavy atom. The molecular weight excluding hydrogens is 552 g/mol. The van der Waals surface area contributed by atoms with E-state index in [9.17, 15) is 14.7 Å². The number of unbranched alkanes of at least 4 members (excludes halogenated alkanes) is 1. The van der Waals surface area contributed by atoms with Crippen LogP contribution in [0.15, 0.2) is 65.3 Å². The molecule has 9 N–H and O–H groups in total. The number of rotatable bonds is 17. The van der Waals surface area contributed by atoms with Crippen LogP contribution in [0.3, 0.4) is 0 Å². The van der Waals surface area contributed by atoms with Gasteiger partial charge in [-0.3, -0.25) is 0 Å². The molecule has 0 fully saturated rings. The third kappa shape index (κ3) is 9.19. The zero-order chi connectivity index (χ0) is 31.5. The smallest absolute Gasteiger partial charge is 0.328 e. The van der Waals surface area contributed by atoms with Crippen LogP contribution < -0.4 is 22.5 Å². The number of anilines is 1. The van der Waals surface area contributed by atoms with Gasteiger partial charge in [-0.1, -0.05) is 56.5 Å². The Morgan fingerprint density at radius 1 is 1.16 bits per heavy atom. The summed E-state index contributed by atoms with van der Waals surface area (Å²) < 4.78 is 0. The number of carbonyl (C=O) groups is 2. The third-order valence-corrected chi connectivity index (χ3v) is 8.92. The van der Waals surface area contributed by atoms with Crippen molar-refractivity contribution >= 4 is 34.8 Å². The van der Waals surface area contributed by atoms with E-state index in [1.807, 2.05) is 24.4 Å². The first-order valence-corrected chi connectivity index (χ1v) is 15.9. The fourth-order valence-electron chi connectivity index (χ4n) is 6.69. The first-order valence-electron chi connectivity index (χ1n) is 15.9. The predicted octanol–water partition coefficient (Wildman–Crippen LogP) is 5.40. The van der Waals surface area contributed by atoms with E-state index in [2.05, 4.69) is 46.5 Å². The highest BCUT2D eigenvalue weighted by molar-refractivity contribution is 5.86. The Bertz CT molecular complexity index is 1440. The maximum absolute atomic E-state index is 11.9. The van der Waals surface area contributed by atoms with Gasteiger partial charge in [0.1, 0.15) is 12.1 Å². The van der Waals surface area contributed by atoms with Gasteiger partial charge in [0.15, 0.2) is 5.96 Å². The Labute approximate surface area is 260 Å². The van der Waals surface area contributed by atoms with E-state index in [1.165, 1.54) is 22.6 Å². The van der Waals surface area contributed by atoms with Crippen LogP contribution in [0.5, 0.6) is 0 Å². The van der Waals surface area contributed by atoms with E-state index < -0.39 is 5.97 Å². The molecule has 1 aliphatic carbocycles. The Morgan fingerprint density at radius 2 is 1.98 bits per heavy atom. The summed E-state index contributed by atoms with van der Waals surface area (Å²) in [5.41, 5.74) is 22.1. The lowest BCUT2D eigenvalue weighted by molar-refractivity contribution is -0.131. The second-order valence-corrected chi connectivity index (χ2v) is 12.2. The second kappa shape index (κ2) is 16.1. The van der Waals surface area contributed by atoms with Gasteiger partial charge < -0.3 is 37.4 Å². The topological polar surface area (TPSA) is 173 Å².